The Hall–Kier alpha value is -1.41. The molecule has 11 heteroatoms. The maximum Gasteiger partial charge on any atom is 0.249 e. The van der Waals surface area contributed by atoms with E-state index in [1.807, 2.05) is 0 Å². The van der Waals surface area contributed by atoms with E-state index < -0.39 is 74.2 Å². The lowest BCUT2D eigenvalue weighted by atomic mass is 9.98. The van der Waals surface area contributed by atoms with Crippen LogP contribution in [0.15, 0.2) is 24.3 Å². The first-order valence-electron chi connectivity index (χ1n) is 27.7. The largest absolute Gasteiger partial charge is 0.394 e. The van der Waals surface area contributed by atoms with Crippen molar-refractivity contribution in [3.8, 4) is 0 Å². The lowest BCUT2D eigenvalue weighted by Gasteiger charge is -2.40. The van der Waals surface area contributed by atoms with E-state index in [0.717, 1.165) is 38.5 Å². The normalized spacial score (nSPS) is 20.9. The third-order valence-electron chi connectivity index (χ3n) is 13.5. The number of rotatable bonds is 47. The molecule has 0 aromatic rings. The van der Waals surface area contributed by atoms with Crippen molar-refractivity contribution in [1.29, 1.82) is 0 Å². The average molecular weight is 940 g/mol. The van der Waals surface area contributed by atoms with Crippen LogP contribution in [0.25, 0.3) is 0 Å². The maximum atomic E-state index is 13.1. The Morgan fingerprint density at radius 1 is 0.515 bits per heavy atom. The van der Waals surface area contributed by atoms with Crippen LogP contribution in [0.1, 0.15) is 251 Å². The topological polar surface area (TPSA) is 189 Å². The molecule has 1 saturated heterocycles. The van der Waals surface area contributed by atoms with Crippen LogP contribution in [0, 0.1) is 0 Å². The monoisotopic (exact) mass is 940 g/mol. The van der Waals surface area contributed by atoms with Crippen molar-refractivity contribution >= 4 is 5.91 Å². The van der Waals surface area contributed by atoms with E-state index in [-0.39, 0.29) is 12.8 Å². The van der Waals surface area contributed by atoms with Gasteiger partial charge in [-0.1, -0.05) is 224 Å². The van der Waals surface area contributed by atoms with Crippen LogP contribution in [-0.2, 0) is 14.3 Å². The van der Waals surface area contributed by atoms with E-state index in [9.17, 15) is 40.5 Å². The smallest absolute Gasteiger partial charge is 0.249 e. The SMILES string of the molecule is CCCCCCCCCCCCCCCCCCCCCC/C=C/CC/C=C/CCCC(O)C(O)C(COC1OC(CO)C(O)C(O)C1O)NC(=O)C(O)CCCCCCCCCCCC. The minimum Gasteiger partial charge on any atom is -0.394 e. The van der Waals surface area contributed by atoms with Crippen LogP contribution < -0.4 is 5.32 Å². The molecule has 66 heavy (non-hydrogen) atoms. The van der Waals surface area contributed by atoms with Gasteiger partial charge in [0.2, 0.25) is 5.91 Å². The second kappa shape index (κ2) is 44.8. The van der Waals surface area contributed by atoms with Crippen molar-refractivity contribution in [2.24, 2.45) is 0 Å². The Bertz CT molecular complexity index is 1120. The quantitative estimate of drug-likeness (QED) is 0.0215. The van der Waals surface area contributed by atoms with Crippen LogP contribution >= 0.6 is 0 Å². The summed E-state index contributed by atoms with van der Waals surface area (Å²) in [5, 5.41) is 75.7. The Morgan fingerprint density at radius 2 is 0.909 bits per heavy atom. The molecule has 1 heterocycles. The number of amides is 1. The molecule has 0 bridgehead atoms. The summed E-state index contributed by atoms with van der Waals surface area (Å²) in [6, 6.07) is -1.19. The van der Waals surface area contributed by atoms with Gasteiger partial charge in [-0.3, -0.25) is 4.79 Å². The number of hydrogen-bond donors (Lipinski definition) is 8. The summed E-state index contributed by atoms with van der Waals surface area (Å²) in [5.74, 6) is -0.711. The molecule has 0 saturated carbocycles. The number of hydrogen-bond acceptors (Lipinski definition) is 10. The zero-order valence-electron chi connectivity index (χ0n) is 42.4. The molecule has 1 amide bonds. The van der Waals surface area contributed by atoms with Gasteiger partial charge in [0.15, 0.2) is 6.29 Å². The van der Waals surface area contributed by atoms with Crippen LogP contribution in [0.2, 0.25) is 0 Å². The third kappa shape index (κ3) is 33.2. The van der Waals surface area contributed by atoms with E-state index in [2.05, 4.69) is 43.5 Å². The zero-order valence-corrected chi connectivity index (χ0v) is 42.4. The molecule has 0 aromatic heterocycles. The number of aliphatic hydroxyl groups is 7. The molecule has 1 aliphatic heterocycles. The Morgan fingerprint density at radius 3 is 1.35 bits per heavy atom. The van der Waals surface area contributed by atoms with Crippen molar-refractivity contribution in [3.05, 3.63) is 24.3 Å². The minimum absolute atomic E-state index is 0.248. The number of aliphatic hydroxyl groups excluding tert-OH is 7. The zero-order chi connectivity index (χ0) is 48.3. The summed E-state index contributed by atoms with van der Waals surface area (Å²) in [5.41, 5.74) is 0. The fourth-order valence-corrected chi connectivity index (χ4v) is 8.93. The van der Waals surface area contributed by atoms with E-state index in [1.54, 1.807) is 0 Å². The fraction of sp³-hybridized carbons (Fsp3) is 0.909. The van der Waals surface area contributed by atoms with Crippen molar-refractivity contribution in [1.82, 2.24) is 5.32 Å². The molecule has 0 spiro atoms. The van der Waals surface area contributed by atoms with Gasteiger partial charge in [-0.05, 0) is 51.4 Å². The van der Waals surface area contributed by atoms with E-state index >= 15 is 0 Å². The standard InChI is InChI=1S/C55H105NO10/c1-3-5-7-9-11-13-15-16-17-18-19-20-21-22-23-24-25-26-27-28-29-30-31-32-33-35-36-38-40-42-47(58)50(60)46(45-65-55-53(63)52(62)51(61)49(44-57)66-55)56-54(64)48(59)43-41-39-37-34-14-12-10-8-6-4-2/h30-31,35-36,46-53,55,57-63H,3-29,32-34,37-45H2,1-2H3,(H,56,64)/b31-30+,36-35+. The second-order valence-corrected chi connectivity index (χ2v) is 19.6. The van der Waals surface area contributed by atoms with Gasteiger partial charge < -0.3 is 50.5 Å². The molecule has 9 unspecified atom stereocenters. The first-order valence-corrected chi connectivity index (χ1v) is 27.7. The van der Waals surface area contributed by atoms with E-state index in [0.29, 0.717) is 19.3 Å². The molecule has 11 nitrogen and oxygen atoms in total. The Labute approximate surface area is 404 Å². The first-order chi connectivity index (χ1) is 32.2. The van der Waals surface area contributed by atoms with E-state index in [4.69, 9.17) is 9.47 Å². The second-order valence-electron chi connectivity index (χ2n) is 19.6. The van der Waals surface area contributed by atoms with Gasteiger partial charge in [0.1, 0.15) is 36.6 Å². The fourth-order valence-electron chi connectivity index (χ4n) is 8.93. The van der Waals surface area contributed by atoms with Gasteiger partial charge in [0.25, 0.3) is 0 Å². The third-order valence-corrected chi connectivity index (χ3v) is 13.5. The number of carbonyl (C=O) groups excluding carboxylic acids is 1. The molecule has 0 radical (unpaired) electrons. The summed E-state index contributed by atoms with van der Waals surface area (Å²) < 4.78 is 11.1. The number of allylic oxidation sites excluding steroid dienone is 4. The minimum atomic E-state index is -1.67. The highest BCUT2D eigenvalue weighted by atomic mass is 16.7. The van der Waals surface area contributed by atoms with Crippen molar-refractivity contribution in [2.75, 3.05) is 13.2 Å². The lowest BCUT2D eigenvalue weighted by molar-refractivity contribution is -0.303. The summed E-state index contributed by atoms with van der Waals surface area (Å²) in [7, 11) is 0. The number of nitrogens with one attached hydrogen (secondary N) is 1. The van der Waals surface area contributed by atoms with Gasteiger partial charge in [-0.2, -0.15) is 0 Å². The van der Waals surface area contributed by atoms with Gasteiger partial charge in [0, 0.05) is 0 Å². The number of unbranched alkanes of at least 4 members (excludes halogenated alkanes) is 31. The molecule has 9 atom stereocenters. The predicted octanol–water partition coefficient (Wildman–Crippen LogP) is 11.0. The Kier molecular flexibility index (Phi) is 42.5. The molecule has 0 aromatic carbocycles. The first kappa shape index (κ1) is 62.6. The molecule has 1 fully saturated rings. The van der Waals surface area contributed by atoms with Crippen LogP contribution in [0.4, 0.5) is 0 Å². The molecule has 1 rings (SSSR count). The summed E-state index contributed by atoms with van der Waals surface area (Å²) in [6.45, 7) is 3.42. The summed E-state index contributed by atoms with van der Waals surface area (Å²) in [6.07, 6.45) is 41.3. The van der Waals surface area contributed by atoms with Crippen molar-refractivity contribution < 1.29 is 50.0 Å². The molecular weight excluding hydrogens is 835 g/mol. The highest BCUT2D eigenvalue weighted by Crippen LogP contribution is 2.23. The van der Waals surface area contributed by atoms with Gasteiger partial charge in [-0.15, -0.1) is 0 Å². The number of carbonyl (C=O) groups is 1. The maximum absolute atomic E-state index is 13.1. The molecule has 0 aliphatic carbocycles. The van der Waals surface area contributed by atoms with Crippen LogP contribution in [-0.4, -0.2) is 110 Å². The molecule has 390 valence electrons. The average Bonchev–Trinajstić information content (AvgIpc) is 3.32. The van der Waals surface area contributed by atoms with Crippen LogP contribution in [0.5, 0.6) is 0 Å². The van der Waals surface area contributed by atoms with Gasteiger partial charge in [0.05, 0.1) is 25.4 Å². The van der Waals surface area contributed by atoms with Crippen LogP contribution in [0.3, 0.4) is 0 Å². The number of ether oxygens (including phenoxy) is 2. The van der Waals surface area contributed by atoms with Gasteiger partial charge in [-0.25, -0.2) is 0 Å². The van der Waals surface area contributed by atoms with Crippen molar-refractivity contribution in [2.45, 2.75) is 306 Å². The molecule has 1 aliphatic rings. The highest BCUT2D eigenvalue weighted by molar-refractivity contribution is 5.80. The predicted molar refractivity (Wildman–Crippen MR) is 270 cm³/mol. The molecule has 8 N–H and O–H groups in total. The molecular formula is C55H105NO10. The van der Waals surface area contributed by atoms with Gasteiger partial charge >= 0.3 is 0 Å². The lowest BCUT2D eigenvalue weighted by Crippen LogP contribution is -2.60. The highest BCUT2D eigenvalue weighted by Gasteiger charge is 2.44. The summed E-state index contributed by atoms with van der Waals surface area (Å²) in [4.78, 5) is 13.1. The Balaban J connectivity index is 2.27. The van der Waals surface area contributed by atoms with E-state index in [1.165, 1.54) is 167 Å². The van der Waals surface area contributed by atoms with Crippen molar-refractivity contribution in [3.63, 3.8) is 0 Å². The summed E-state index contributed by atoms with van der Waals surface area (Å²) >= 11 is 0.